The fourth-order valence-electron chi connectivity index (χ4n) is 3.50. The van der Waals surface area contributed by atoms with Crippen LogP contribution >= 0.6 is 11.6 Å². The average molecular weight is 516 g/mol. The smallest absolute Gasteiger partial charge is 0.416 e. The van der Waals surface area contributed by atoms with E-state index in [1.54, 1.807) is 13.0 Å². The van der Waals surface area contributed by atoms with Crippen molar-refractivity contribution in [3.63, 3.8) is 0 Å². The number of fused-ring (bicyclic) bond motifs is 1. The van der Waals surface area contributed by atoms with E-state index in [2.05, 4.69) is 0 Å². The van der Waals surface area contributed by atoms with Gasteiger partial charge in [0, 0.05) is 0 Å². The third-order valence-electron chi connectivity index (χ3n) is 5.09. The Balaban J connectivity index is 1.69. The van der Waals surface area contributed by atoms with E-state index in [4.69, 9.17) is 21.1 Å². The number of sulfonamides is 1. The molecule has 1 atom stereocenters. The largest absolute Gasteiger partial charge is 0.487 e. The van der Waals surface area contributed by atoms with Crippen LogP contribution in [-0.4, -0.2) is 21.1 Å². The molecule has 1 aliphatic rings. The number of anilines is 1. The molecule has 11 heteroatoms. The molecule has 0 radical (unpaired) electrons. The molecule has 0 spiro atoms. The number of ether oxygens (including phenoxy) is 2. The first-order chi connectivity index (χ1) is 16.0. The van der Waals surface area contributed by atoms with Crippen LogP contribution in [0.1, 0.15) is 18.1 Å². The highest BCUT2D eigenvalue weighted by molar-refractivity contribution is 7.92. The molecule has 3 aromatic rings. The molecule has 5 nitrogen and oxygen atoms in total. The molecule has 34 heavy (non-hydrogen) atoms. The molecule has 0 fully saturated rings. The lowest BCUT2D eigenvalue weighted by molar-refractivity contribution is -0.137. The summed E-state index contributed by atoms with van der Waals surface area (Å²) in [4.78, 5) is -0.498. The lowest BCUT2D eigenvalue weighted by atomic mass is 10.1. The van der Waals surface area contributed by atoms with Crippen molar-refractivity contribution in [2.45, 2.75) is 30.7 Å². The Kier molecular flexibility index (Phi) is 6.39. The maximum absolute atomic E-state index is 14.0. The third-order valence-corrected chi connectivity index (χ3v) is 7.17. The number of alkyl halides is 3. The quantitative estimate of drug-likeness (QED) is 0.388. The highest BCUT2D eigenvalue weighted by Gasteiger charge is 2.36. The topological polar surface area (TPSA) is 55.8 Å². The molecule has 0 aliphatic carbocycles. The van der Waals surface area contributed by atoms with Gasteiger partial charge in [0.25, 0.3) is 10.0 Å². The van der Waals surface area contributed by atoms with E-state index in [1.165, 1.54) is 30.3 Å². The first-order valence-electron chi connectivity index (χ1n) is 10.0. The van der Waals surface area contributed by atoms with Crippen molar-refractivity contribution in [1.82, 2.24) is 0 Å². The fourth-order valence-corrected chi connectivity index (χ4v) is 5.30. The van der Waals surface area contributed by atoms with Gasteiger partial charge in [0.15, 0.2) is 11.6 Å². The number of hydrogen-bond acceptors (Lipinski definition) is 4. The summed E-state index contributed by atoms with van der Waals surface area (Å²) in [6.45, 7) is 1.39. The number of benzene rings is 3. The van der Waals surface area contributed by atoms with Crippen molar-refractivity contribution in [3.05, 3.63) is 82.6 Å². The van der Waals surface area contributed by atoms with Crippen molar-refractivity contribution in [1.29, 1.82) is 0 Å². The molecule has 0 aromatic heterocycles. The number of hydrogen-bond donors (Lipinski definition) is 0. The summed E-state index contributed by atoms with van der Waals surface area (Å²) in [5.74, 6) is -0.571. The molecule has 4 rings (SSSR count). The number of rotatable bonds is 5. The van der Waals surface area contributed by atoms with Crippen molar-refractivity contribution >= 4 is 27.3 Å². The Morgan fingerprint density at radius 1 is 1.12 bits per heavy atom. The van der Waals surface area contributed by atoms with Gasteiger partial charge in [-0.05, 0) is 55.0 Å². The molecule has 0 saturated carbocycles. The van der Waals surface area contributed by atoms with Crippen LogP contribution < -0.4 is 13.8 Å². The first-order valence-corrected chi connectivity index (χ1v) is 11.8. The van der Waals surface area contributed by atoms with Gasteiger partial charge < -0.3 is 9.47 Å². The van der Waals surface area contributed by atoms with Crippen molar-refractivity contribution in [2.24, 2.45) is 0 Å². The van der Waals surface area contributed by atoms with Crippen LogP contribution in [0.2, 0.25) is 5.02 Å². The Bertz CT molecular complexity index is 1310. The second-order valence-corrected chi connectivity index (χ2v) is 9.90. The van der Waals surface area contributed by atoms with E-state index in [0.29, 0.717) is 11.6 Å². The van der Waals surface area contributed by atoms with Gasteiger partial charge in [0.2, 0.25) is 0 Å². The van der Waals surface area contributed by atoms with E-state index in [-0.39, 0.29) is 35.4 Å². The minimum Gasteiger partial charge on any atom is -0.487 e. The Hall–Kier alpha value is -2.98. The van der Waals surface area contributed by atoms with E-state index in [9.17, 15) is 26.0 Å². The summed E-state index contributed by atoms with van der Waals surface area (Å²) in [5.41, 5.74) is -0.462. The van der Waals surface area contributed by atoms with Crippen LogP contribution in [0.3, 0.4) is 0 Å². The maximum atomic E-state index is 14.0. The van der Waals surface area contributed by atoms with Gasteiger partial charge in [-0.3, -0.25) is 4.31 Å². The normalized spacial score (nSPS) is 16.1. The molecule has 1 unspecified atom stereocenters. The summed E-state index contributed by atoms with van der Waals surface area (Å²) in [6, 6.07) is 12.3. The average Bonchev–Trinajstić information content (AvgIpc) is 2.78. The summed E-state index contributed by atoms with van der Waals surface area (Å²) in [6.07, 6.45) is -5.24. The fraction of sp³-hybridized carbons (Fsp3) is 0.217. The van der Waals surface area contributed by atoms with Crippen LogP contribution in [0.5, 0.6) is 11.5 Å². The van der Waals surface area contributed by atoms with Crippen LogP contribution in [-0.2, 0) is 22.8 Å². The SMILES string of the molecule is CC1CN(S(=O)(=O)c2cccc(C(F)(F)F)c2)c2cc(COc3c(F)cccc3Cl)ccc2O1. The highest BCUT2D eigenvalue weighted by Crippen LogP contribution is 2.39. The van der Waals surface area contributed by atoms with Crippen molar-refractivity contribution in [3.8, 4) is 11.5 Å². The van der Waals surface area contributed by atoms with E-state index >= 15 is 0 Å². The van der Waals surface area contributed by atoms with E-state index in [1.807, 2.05) is 0 Å². The molecule has 0 N–H and O–H groups in total. The molecular formula is C23H18ClF4NO4S. The number of halogens is 5. The summed E-state index contributed by atoms with van der Waals surface area (Å²) in [5, 5.41) is 0.0730. The zero-order chi connectivity index (χ0) is 24.7. The number of nitrogens with zero attached hydrogens (tertiary/aromatic N) is 1. The van der Waals surface area contributed by atoms with Gasteiger partial charge in [-0.2, -0.15) is 13.2 Å². The minimum atomic E-state index is -4.69. The summed E-state index contributed by atoms with van der Waals surface area (Å²) in [7, 11) is -4.36. The lowest BCUT2D eigenvalue weighted by Crippen LogP contribution is -2.42. The molecule has 180 valence electrons. The van der Waals surface area contributed by atoms with Gasteiger partial charge in [-0.15, -0.1) is 0 Å². The van der Waals surface area contributed by atoms with Crippen LogP contribution in [0, 0.1) is 5.82 Å². The Morgan fingerprint density at radius 3 is 2.56 bits per heavy atom. The van der Waals surface area contributed by atoms with Crippen LogP contribution in [0.4, 0.5) is 23.2 Å². The predicted molar refractivity (Wildman–Crippen MR) is 118 cm³/mol. The van der Waals surface area contributed by atoms with Crippen LogP contribution in [0.25, 0.3) is 0 Å². The molecular weight excluding hydrogens is 498 g/mol. The molecule has 0 amide bonds. The van der Waals surface area contributed by atoms with E-state index < -0.39 is 38.6 Å². The second kappa shape index (κ2) is 8.99. The minimum absolute atomic E-state index is 0.0730. The molecule has 1 heterocycles. The molecule has 3 aromatic carbocycles. The zero-order valence-electron chi connectivity index (χ0n) is 17.6. The van der Waals surface area contributed by atoms with Gasteiger partial charge in [-0.25, -0.2) is 12.8 Å². The van der Waals surface area contributed by atoms with Crippen molar-refractivity contribution < 1.29 is 35.5 Å². The Morgan fingerprint density at radius 2 is 1.85 bits per heavy atom. The molecule has 0 saturated heterocycles. The van der Waals surface area contributed by atoms with Gasteiger partial charge >= 0.3 is 6.18 Å². The highest BCUT2D eigenvalue weighted by atomic mass is 35.5. The monoisotopic (exact) mass is 515 g/mol. The molecule has 0 bridgehead atoms. The first kappa shape index (κ1) is 24.2. The summed E-state index contributed by atoms with van der Waals surface area (Å²) >= 11 is 5.97. The van der Waals surface area contributed by atoms with Crippen LogP contribution in [0.15, 0.2) is 65.6 Å². The number of para-hydroxylation sites is 1. The zero-order valence-corrected chi connectivity index (χ0v) is 19.2. The maximum Gasteiger partial charge on any atom is 0.416 e. The second-order valence-electron chi connectivity index (χ2n) is 7.63. The predicted octanol–water partition coefficient (Wildman–Crippen LogP) is 6.05. The van der Waals surface area contributed by atoms with Crippen molar-refractivity contribution in [2.75, 3.05) is 10.8 Å². The van der Waals surface area contributed by atoms with Gasteiger partial charge in [0.05, 0.1) is 27.7 Å². The van der Waals surface area contributed by atoms with E-state index in [0.717, 1.165) is 22.5 Å². The Labute approximate surface area is 198 Å². The molecule has 1 aliphatic heterocycles. The van der Waals surface area contributed by atoms with Gasteiger partial charge in [-0.1, -0.05) is 29.8 Å². The third kappa shape index (κ3) is 4.78. The lowest BCUT2D eigenvalue weighted by Gasteiger charge is -2.34. The van der Waals surface area contributed by atoms with Gasteiger partial charge in [0.1, 0.15) is 18.5 Å². The standard InChI is InChI=1S/C23H18ClF4NO4S/c1-14-12-29(34(30,31)17-5-2-4-16(11-17)23(26,27)28)20-10-15(8-9-21(20)33-14)13-32-22-18(24)6-3-7-19(22)25/h2-11,14H,12-13H2,1H3. The summed E-state index contributed by atoms with van der Waals surface area (Å²) < 4.78 is 92.4.